The molecule has 1 aromatic carbocycles. The number of imidazole rings is 1. The van der Waals surface area contributed by atoms with Gasteiger partial charge in [-0.2, -0.15) is 0 Å². The van der Waals surface area contributed by atoms with Crippen molar-refractivity contribution in [3.05, 3.63) is 54.4 Å². The Hall–Kier alpha value is -3.61. The summed E-state index contributed by atoms with van der Waals surface area (Å²) in [7, 11) is 1.44. The van der Waals surface area contributed by atoms with Crippen LogP contribution in [0.4, 0.5) is 14.5 Å². The molecule has 1 amide bonds. The number of halogens is 2. The first-order valence-electron chi connectivity index (χ1n) is 10.2. The maximum atomic E-state index is 14.9. The van der Waals surface area contributed by atoms with E-state index in [0.717, 1.165) is 0 Å². The molecule has 174 valence electrons. The highest BCUT2D eigenvalue weighted by molar-refractivity contribution is 7.80. The summed E-state index contributed by atoms with van der Waals surface area (Å²) in [6, 6.07) is 2.42. The standard InChI is InChI=1S/C20H22F2N8O2S/c1-32-20(33)24-10-14-11-30(26-25-14)15-8-16(21)19(17(22)9-15)29-6-4-28(5-7-29)18(31)12-27-3-2-23-13-27/h2-3,8-9,11,13H,4-7,10,12H2,1H3,(H,24,33). The Kier molecular flexibility index (Phi) is 6.77. The van der Waals surface area contributed by atoms with E-state index in [4.69, 9.17) is 17.0 Å². The Bertz CT molecular complexity index is 1110. The lowest BCUT2D eigenvalue weighted by Gasteiger charge is -2.36. The molecule has 0 bridgehead atoms. The molecule has 3 heterocycles. The van der Waals surface area contributed by atoms with Gasteiger partial charge in [0.2, 0.25) is 5.91 Å². The fourth-order valence-electron chi connectivity index (χ4n) is 3.54. The number of piperazine rings is 1. The van der Waals surface area contributed by atoms with Crippen LogP contribution in [0.3, 0.4) is 0 Å². The van der Waals surface area contributed by atoms with Crippen molar-refractivity contribution >= 4 is 29.0 Å². The van der Waals surface area contributed by atoms with Gasteiger partial charge in [0.15, 0.2) is 11.6 Å². The second-order valence-corrected chi connectivity index (χ2v) is 7.73. The van der Waals surface area contributed by atoms with Gasteiger partial charge in [-0.25, -0.2) is 18.4 Å². The first-order valence-corrected chi connectivity index (χ1v) is 10.6. The zero-order valence-electron chi connectivity index (χ0n) is 17.8. The third kappa shape index (κ3) is 5.25. The molecule has 1 saturated heterocycles. The number of aromatic nitrogens is 5. The molecule has 33 heavy (non-hydrogen) atoms. The smallest absolute Gasteiger partial charge is 0.256 e. The number of benzene rings is 1. The van der Waals surface area contributed by atoms with Crippen LogP contribution >= 0.6 is 12.2 Å². The number of hydrogen-bond acceptors (Lipinski definition) is 7. The minimum atomic E-state index is -0.709. The summed E-state index contributed by atoms with van der Waals surface area (Å²) in [6.07, 6.45) is 6.44. The van der Waals surface area contributed by atoms with E-state index in [1.807, 2.05) is 0 Å². The molecule has 0 saturated carbocycles. The van der Waals surface area contributed by atoms with E-state index in [1.54, 1.807) is 39.3 Å². The summed E-state index contributed by atoms with van der Waals surface area (Å²) in [5.74, 6) is -1.48. The molecule has 0 radical (unpaired) electrons. The van der Waals surface area contributed by atoms with Gasteiger partial charge >= 0.3 is 0 Å². The van der Waals surface area contributed by atoms with E-state index in [0.29, 0.717) is 31.9 Å². The van der Waals surface area contributed by atoms with Gasteiger partial charge in [-0.3, -0.25) is 4.79 Å². The molecule has 1 N–H and O–H groups in total. The predicted molar refractivity (Wildman–Crippen MR) is 119 cm³/mol. The quantitative estimate of drug-likeness (QED) is 0.529. The number of carbonyl (C=O) groups excluding carboxylic acids is 1. The van der Waals surface area contributed by atoms with E-state index in [9.17, 15) is 13.6 Å². The van der Waals surface area contributed by atoms with Crippen molar-refractivity contribution in [1.29, 1.82) is 0 Å². The second kappa shape index (κ2) is 9.90. The van der Waals surface area contributed by atoms with Gasteiger partial charge in [-0.15, -0.1) is 5.10 Å². The topological polar surface area (TPSA) is 93.3 Å². The maximum Gasteiger partial charge on any atom is 0.256 e. The summed E-state index contributed by atoms with van der Waals surface area (Å²) in [4.78, 5) is 19.6. The normalized spacial score (nSPS) is 13.8. The molecular weight excluding hydrogens is 454 g/mol. The first kappa shape index (κ1) is 22.6. The largest absolute Gasteiger partial charge is 0.474 e. The lowest BCUT2D eigenvalue weighted by atomic mass is 10.2. The molecule has 1 aliphatic heterocycles. The van der Waals surface area contributed by atoms with Crippen LogP contribution in [0.15, 0.2) is 37.1 Å². The summed E-state index contributed by atoms with van der Waals surface area (Å²) in [6.45, 7) is 1.83. The van der Waals surface area contributed by atoms with E-state index < -0.39 is 11.6 Å². The van der Waals surface area contributed by atoms with Crippen molar-refractivity contribution in [1.82, 2.24) is 34.8 Å². The molecular formula is C20H22F2N8O2S. The Balaban J connectivity index is 1.40. The van der Waals surface area contributed by atoms with Crippen LogP contribution in [0.25, 0.3) is 5.69 Å². The average Bonchev–Trinajstić information content (AvgIpc) is 3.49. The number of methoxy groups -OCH3 is 1. The number of amides is 1. The molecule has 0 aliphatic carbocycles. The molecule has 10 nitrogen and oxygen atoms in total. The SMILES string of the molecule is COC(=S)NCc1cn(-c2cc(F)c(N3CCN(C(=O)Cn4ccnc4)CC3)c(F)c2)nn1. The fourth-order valence-corrected chi connectivity index (χ4v) is 3.62. The molecule has 3 aromatic rings. The maximum absolute atomic E-state index is 14.9. The van der Waals surface area contributed by atoms with Crippen LogP contribution in [0, 0.1) is 11.6 Å². The number of anilines is 1. The van der Waals surface area contributed by atoms with Crippen LogP contribution in [0.5, 0.6) is 0 Å². The van der Waals surface area contributed by atoms with Gasteiger partial charge < -0.3 is 24.4 Å². The number of nitrogens with one attached hydrogen (secondary N) is 1. The number of thiocarbonyl (C=S) groups is 1. The first-order chi connectivity index (χ1) is 15.9. The molecule has 1 fully saturated rings. The third-order valence-electron chi connectivity index (χ3n) is 5.23. The van der Waals surface area contributed by atoms with Gasteiger partial charge in [-0.05, 0) is 12.2 Å². The molecule has 1 aliphatic rings. The van der Waals surface area contributed by atoms with E-state index in [2.05, 4.69) is 20.6 Å². The van der Waals surface area contributed by atoms with Crippen LogP contribution in [-0.4, -0.2) is 73.8 Å². The molecule has 4 rings (SSSR count). The third-order valence-corrected chi connectivity index (χ3v) is 5.54. The highest BCUT2D eigenvalue weighted by Crippen LogP contribution is 2.27. The Labute approximate surface area is 193 Å². The van der Waals surface area contributed by atoms with Crippen molar-refractivity contribution in [2.24, 2.45) is 0 Å². The van der Waals surface area contributed by atoms with Gasteiger partial charge in [0, 0.05) is 50.7 Å². The molecule has 0 unspecified atom stereocenters. The molecule has 13 heteroatoms. The number of rotatable bonds is 6. The highest BCUT2D eigenvalue weighted by atomic mass is 32.1. The van der Waals surface area contributed by atoms with Gasteiger partial charge in [0.05, 0.1) is 31.9 Å². The second-order valence-electron chi connectivity index (χ2n) is 7.36. The van der Waals surface area contributed by atoms with Crippen LogP contribution < -0.4 is 10.2 Å². The number of ether oxygens (including phenoxy) is 1. The van der Waals surface area contributed by atoms with E-state index in [1.165, 1.54) is 23.9 Å². The lowest BCUT2D eigenvalue weighted by molar-refractivity contribution is -0.132. The monoisotopic (exact) mass is 476 g/mol. The zero-order valence-corrected chi connectivity index (χ0v) is 18.6. The lowest BCUT2D eigenvalue weighted by Crippen LogP contribution is -2.50. The average molecular weight is 477 g/mol. The Morgan fingerprint density at radius 2 is 1.94 bits per heavy atom. The van der Waals surface area contributed by atoms with E-state index >= 15 is 0 Å². The van der Waals surface area contributed by atoms with Crippen molar-refractivity contribution < 1.29 is 18.3 Å². The molecule has 0 spiro atoms. The minimum Gasteiger partial charge on any atom is -0.474 e. The van der Waals surface area contributed by atoms with Crippen molar-refractivity contribution in [2.75, 3.05) is 38.2 Å². The Morgan fingerprint density at radius 3 is 2.58 bits per heavy atom. The van der Waals surface area contributed by atoms with Gasteiger partial charge in [0.25, 0.3) is 5.17 Å². The predicted octanol–water partition coefficient (Wildman–Crippen LogP) is 1.11. The summed E-state index contributed by atoms with van der Waals surface area (Å²) >= 11 is 4.89. The van der Waals surface area contributed by atoms with Crippen molar-refractivity contribution in [3.8, 4) is 5.69 Å². The van der Waals surface area contributed by atoms with Gasteiger partial charge in [-0.1, -0.05) is 5.21 Å². The fraction of sp³-hybridized carbons (Fsp3) is 0.350. The van der Waals surface area contributed by atoms with Crippen molar-refractivity contribution in [3.63, 3.8) is 0 Å². The number of hydrogen-bond donors (Lipinski definition) is 1. The zero-order chi connectivity index (χ0) is 23.4. The van der Waals surface area contributed by atoms with Crippen LogP contribution in [-0.2, 0) is 22.6 Å². The summed E-state index contributed by atoms with van der Waals surface area (Å²) in [5.41, 5.74) is 0.611. The van der Waals surface area contributed by atoms with E-state index in [-0.39, 0.29) is 35.5 Å². The van der Waals surface area contributed by atoms with Crippen LogP contribution in [0.1, 0.15) is 5.69 Å². The van der Waals surface area contributed by atoms with Gasteiger partial charge in [0.1, 0.15) is 17.9 Å². The molecule has 0 atom stereocenters. The van der Waals surface area contributed by atoms with Crippen molar-refractivity contribution in [2.45, 2.75) is 13.1 Å². The number of nitrogens with zero attached hydrogens (tertiary/aromatic N) is 7. The Morgan fingerprint density at radius 1 is 1.21 bits per heavy atom. The summed E-state index contributed by atoms with van der Waals surface area (Å²) < 4.78 is 37.6. The highest BCUT2D eigenvalue weighted by Gasteiger charge is 2.25. The number of carbonyl (C=O) groups is 1. The molecule has 2 aromatic heterocycles. The summed E-state index contributed by atoms with van der Waals surface area (Å²) in [5, 5.41) is 10.9. The minimum absolute atomic E-state index is 0.0633. The van der Waals surface area contributed by atoms with Crippen LogP contribution in [0.2, 0.25) is 0 Å².